The Labute approximate surface area is 191 Å². The molecule has 1 N–H and O–H groups in total. The Morgan fingerprint density at radius 3 is 2.31 bits per heavy atom. The molecule has 170 valence electrons. The summed E-state index contributed by atoms with van der Waals surface area (Å²) in [6.45, 7) is 1.88. The smallest absolute Gasteiger partial charge is 0.226 e. The third kappa shape index (κ3) is 4.90. The highest BCUT2D eigenvalue weighted by Gasteiger charge is 2.41. The zero-order valence-corrected chi connectivity index (χ0v) is 19.0. The first kappa shape index (κ1) is 22.6. The summed E-state index contributed by atoms with van der Waals surface area (Å²) in [6.07, 6.45) is 12.8. The Morgan fingerprint density at radius 1 is 1.00 bits per heavy atom. The van der Waals surface area contributed by atoms with E-state index in [0.717, 1.165) is 12.1 Å². The topological polar surface area (TPSA) is 73.2 Å². The Morgan fingerprint density at radius 2 is 1.66 bits per heavy atom. The maximum atomic E-state index is 13.4. The van der Waals surface area contributed by atoms with Gasteiger partial charge < -0.3 is 10.2 Å². The lowest BCUT2D eigenvalue weighted by Crippen LogP contribution is -2.50. The van der Waals surface area contributed by atoms with Crippen molar-refractivity contribution in [3.8, 4) is 6.07 Å². The minimum atomic E-state index is -0.527. The molecule has 2 aliphatic carbocycles. The summed E-state index contributed by atoms with van der Waals surface area (Å²) >= 11 is 0. The van der Waals surface area contributed by atoms with Crippen LogP contribution in [0.5, 0.6) is 0 Å². The molecule has 5 nitrogen and oxygen atoms in total. The lowest BCUT2D eigenvalue weighted by molar-refractivity contribution is -0.143. The molecular formula is C27H35N3O2. The van der Waals surface area contributed by atoms with Gasteiger partial charge in [0.25, 0.3) is 0 Å². The van der Waals surface area contributed by atoms with E-state index in [1.165, 1.54) is 32.1 Å². The molecular weight excluding hydrogens is 398 g/mol. The van der Waals surface area contributed by atoms with Gasteiger partial charge in [0.1, 0.15) is 0 Å². The molecule has 1 heterocycles. The number of allylic oxidation sites excluding steroid dienone is 2. The second kappa shape index (κ2) is 10.3. The van der Waals surface area contributed by atoms with Crippen LogP contribution in [0.3, 0.4) is 0 Å². The first-order chi connectivity index (χ1) is 15.6. The largest absolute Gasteiger partial charge is 0.356 e. The quantitative estimate of drug-likeness (QED) is 0.702. The second-order valence-corrected chi connectivity index (χ2v) is 9.79. The predicted molar refractivity (Wildman–Crippen MR) is 124 cm³/mol. The molecule has 1 aromatic rings. The summed E-state index contributed by atoms with van der Waals surface area (Å²) in [6, 6.07) is 12.5. The molecule has 2 unspecified atom stereocenters. The van der Waals surface area contributed by atoms with E-state index in [9.17, 15) is 14.9 Å². The molecule has 0 spiro atoms. The average Bonchev–Trinajstić information content (AvgIpc) is 2.88. The Hall–Kier alpha value is -2.61. The van der Waals surface area contributed by atoms with Gasteiger partial charge in [-0.15, -0.1) is 0 Å². The number of nitriles is 1. The van der Waals surface area contributed by atoms with Crippen molar-refractivity contribution < 1.29 is 9.59 Å². The van der Waals surface area contributed by atoms with E-state index >= 15 is 0 Å². The minimum absolute atomic E-state index is 0.0333. The van der Waals surface area contributed by atoms with Gasteiger partial charge in [0.05, 0.1) is 23.3 Å². The van der Waals surface area contributed by atoms with Gasteiger partial charge in [0.2, 0.25) is 11.8 Å². The summed E-state index contributed by atoms with van der Waals surface area (Å²) in [7, 11) is 0. The van der Waals surface area contributed by atoms with Crippen LogP contribution in [0.25, 0.3) is 0 Å². The fraction of sp³-hybridized carbons (Fsp3) is 0.593. The van der Waals surface area contributed by atoms with Gasteiger partial charge in [0.15, 0.2) is 0 Å². The van der Waals surface area contributed by atoms with E-state index < -0.39 is 5.41 Å². The molecule has 1 aliphatic heterocycles. The van der Waals surface area contributed by atoms with Crippen molar-refractivity contribution >= 4 is 11.8 Å². The second-order valence-electron chi connectivity index (χ2n) is 9.79. The maximum absolute atomic E-state index is 13.4. The number of carbonyl (C=O) groups is 2. The molecule has 1 saturated carbocycles. The molecule has 2 fully saturated rings. The highest BCUT2D eigenvalue weighted by atomic mass is 16.2. The molecule has 0 bridgehead atoms. The minimum Gasteiger partial charge on any atom is -0.356 e. The number of piperidine rings is 1. The highest BCUT2D eigenvalue weighted by molar-refractivity contribution is 5.88. The Bertz CT molecular complexity index is 859. The third-order valence-electron chi connectivity index (χ3n) is 7.85. The molecule has 0 radical (unpaired) electrons. The van der Waals surface area contributed by atoms with E-state index in [-0.39, 0.29) is 23.7 Å². The molecule has 4 rings (SSSR count). The standard InChI is InChI=1S/C27H35N3O2/c28-20-27(22-11-5-2-6-12-22)15-17-30(18-16-27)26(32)24-14-8-7-13-23(24)25(31)29-19-21-9-3-1-4-10-21/h2,5-8,11-12,21,23-24H,1,3-4,9-10,13-19H2,(H,29,31). The highest BCUT2D eigenvalue weighted by Crippen LogP contribution is 2.36. The number of nitrogens with one attached hydrogen (secondary N) is 1. The average molecular weight is 434 g/mol. The third-order valence-corrected chi connectivity index (χ3v) is 7.85. The van der Waals surface area contributed by atoms with Crippen molar-refractivity contribution in [1.82, 2.24) is 10.2 Å². The van der Waals surface area contributed by atoms with E-state index in [1.54, 1.807) is 0 Å². The first-order valence-corrected chi connectivity index (χ1v) is 12.3. The van der Waals surface area contributed by atoms with Gasteiger partial charge in [-0.1, -0.05) is 61.7 Å². The van der Waals surface area contributed by atoms with Gasteiger partial charge in [-0.25, -0.2) is 0 Å². The van der Waals surface area contributed by atoms with E-state index in [4.69, 9.17) is 0 Å². The number of hydrogen-bond donors (Lipinski definition) is 1. The lowest BCUT2D eigenvalue weighted by atomic mass is 9.73. The molecule has 1 saturated heterocycles. The molecule has 32 heavy (non-hydrogen) atoms. The van der Waals surface area contributed by atoms with Gasteiger partial charge in [0, 0.05) is 19.6 Å². The number of hydrogen-bond acceptors (Lipinski definition) is 3. The van der Waals surface area contributed by atoms with Crippen molar-refractivity contribution in [2.45, 2.75) is 63.2 Å². The number of amides is 2. The normalized spacial score (nSPS) is 25.7. The van der Waals surface area contributed by atoms with E-state index in [2.05, 4.69) is 11.4 Å². The number of benzene rings is 1. The summed E-state index contributed by atoms with van der Waals surface area (Å²) in [5.74, 6) is 0.114. The van der Waals surface area contributed by atoms with Crippen LogP contribution in [0.1, 0.15) is 63.4 Å². The number of rotatable bonds is 5. The summed E-state index contributed by atoms with van der Waals surface area (Å²) in [5.41, 5.74) is 0.511. The molecule has 5 heteroatoms. The van der Waals surface area contributed by atoms with Crippen molar-refractivity contribution in [2.24, 2.45) is 17.8 Å². The number of carbonyl (C=O) groups excluding carboxylic acids is 2. The van der Waals surface area contributed by atoms with Crippen LogP contribution in [0.2, 0.25) is 0 Å². The van der Waals surface area contributed by atoms with Crippen molar-refractivity contribution in [3.63, 3.8) is 0 Å². The van der Waals surface area contributed by atoms with Crippen LogP contribution in [-0.2, 0) is 15.0 Å². The van der Waals surface area contributed by atoms with Crippen LogP contribution in [0, 0.1) is 29.1 Å². The Kier molecular flexibility index (Phi) is 7.29. The van der Waals surface area contributed by atoms with Crippen molar-refractivity contribution in [1.29, 1.82) is 5.26 Å². The van der Waals surface area contributed by atoms with E-state index in [1.807, 2.05) is 47.4 Å². The zero-order valence-electron chi connectivity index (χ0n) is 19.0. The number of nitrogens with zero attached hydrogens (tertiary/aromatic N) is 2. The van der Waals surface area contributed by atoms with Crippen LogP contribution in [0.4, 0.5) is 0 Å². The predicted octanol–water partition coefficient (Wildman–Crippen LogP) is 4.35. The van der Waals surface area contributed by atoms with Gasteiger partial charge in [-0.3, -0.25) is 9.59 Å². The SMILES string of the molecule is N#CC1(c2ccccc2)CCN(C(=O)C2CC=CCC2C(=O)NCC2CCCCC2)CC1. The van der Waals surface area contributed by atoms with E-state index in [0.29, 0.717) is 44.7 Å². The van der Waals surface area contributed by atoms with Crippen molar-refractivity contribution in [3.05, 3.63) is 48.0 Å². The fourth-order valence-electron chi connectivity index (χ4n) is 5.71. The van der Waals surface area contributed by atoms with Crippen LogP contribution < -0.4 is 5.32 Å². The molecule has 1 aromatic carbocycles. The van der Waals surface area contributed by atoms with Gasteiger partial charge >= 0.3 is 0 Å². The van der Waals surface area contributed by atoms with Gasteiger partial charge in [-0.2, -0.15) is 5.26 Å². The molecule has 0 aromatic heterocycles. The fourth-order valence-corrected chi connectivity index (χ4v) is 5.71. The lowest BCUT2D eigenvalue weighted by Gasteiger charge is -2.40. The number of likely N-dealkylation sites (tertiary alicyclic amines) is 1. The zero-order chi connectivity index (χ0) is 22.4. The summed E-state index contributed by atoms with van der Waals surface area (Å²) < 4.78 is 0. The van der Waals surface area contributed by atoms with Gasteiger partial charge in [-0.05, 0) is 50.0 Å². The maximum Gasteiger partial charge on any atom is 0.226 e. The Balaban J connectivity index is 1.37. The first-order valence-electron chi connectivity index (χ1n) is 12.3. The summed E-state index contributed by atoms with van der Waals surface area (Å²) in [5, 5.41) is 13.1. The molecule has 2 atom stereocenters. The molecule has 3 aliphatic rings. The summed E-state index contributed by atoms with van der Waals surface area (Å²) in [4.78, 5) is 28.3. The van der Waals surface area contributed by atoms with Crippen LogP contribution in [0.15, 0.2) is 42.5 Å². The molecule has 2 amide bonds. The van der Waals surface area contributed by atoms with Crippen LogP contribution in [-0.4, -0.2) is 36.3 Å². The van der Waals surface area contributed by atoms with Crippen molar-refractivity contribution in [2.75, 3.05) is 19.6 Å². The monoisotopic (exact) mass is 433 g/mol. The van der Waals surface area contributed by atoms with Crippen LogP contribution >= 0.6 is 0 Å².